The number of unbranched alkanes of at least 4 members (excludes halogenated alkanes) is 4. The van der Waals surface area contributed by atoms with Gasteiger partial charge in [-0.1, -0.05) is 113 Å². The quantitative estimate of drug-likeness (QED) is 0.0463. The van der Waals surface area contributed by atoms with Crippen molar-refractivity contribution in [2.75, 3.05) is 0 Å². The first-order chi connectivity index (χ1) is 18.7. The Labute approximate surface area is 246 Å². The molecule has 232 valence electrons. The fraction of sp³-hybridized carbons (Fsp3) is 0.909. The lowest BCUT2D eigenvalue weighted by Crippen LogP contribution is -2.49. The topological polar surface area (TPSA) is 44.8 Å². The molecule has 4 nitrogen and oxygen atoms in total. The molecule has 0 aliphatic carbocycles. The second-order valence-corrected chi connectivity index (χ2v) is 21.2. The highest BCUT2D eigenvalue weighted by atomic mass is 28.4. The molecule has 0 bridgehead atoms. The van der Waals surface area contributed by atoms with E-state index in [0.29, 0.717) is 5.92 Å². The minimum Gasteiger partial charge on any atom is -0.458 e. The molecule has 0 fully saturated rings. The molecule has 0 N–H and O–H groups in total. The van der Waals surface area contributed by atoms with E-state index in [1.807, 2.05) is 0 Å². The number of ether oxygens (including phenoxy) is 1. The van der Waals surface area contributed by atoms with E-state index in [1.54, 1.807) is 6.92 Å². The maximum atomic E-state index is 12.2. The van der Waals surface area contributed by atoms with E-state index in [2.05, 4.69) is 74.5 Å². The SMILES string of the molecule is CCCCC[C@@H](O[Si](CC)(CC)CC)[C@@H](/C=C/[C@@H](OC(C)=O)C(CCCC)CCCC)O[Si](CC)(CC)CC. The van der Waals surface area contributed by atoms with Gasteiger partial charge < -0.3 is 13.6 Å². The maximum absolute atomic E-state index is 12.2. The molecule has 0 aromatic carbocycles. The van der Waals surface area contributed by atoms with Crippen LogP contribution in [0.4, 0.5) is 0 Å². The fourth-order valence-electron chi connectivity index (χ4n) is 5.84. The number of hydrogen-bond donors (Lipinski definition) is 0. The van der Waals surface area contributed by atoms with E-state index >= 15 is 0 Å². The van der Waals surface area contributed by atoms with Crippen molar-refractivity contribution in [3.8, 4) is 0 Å². The van der Waals surface area contributed by atoms with Crippen molar-refractivity contribution >= 4 is 22.6 Å². The average Bonchev–Trinajstić information content (AvgIpc) is 2.95. The zero-order valence-electron chi connectivity index (χ0n) is 27.9. The minimum absolute atomic E-state index is 0.0681. The first-order valence-electron chi connectivity index (χ1n) is 16.9. The number of carbonyl (C=O) groups is 1. The molecule has 0 aromatic rings. The van der Waals surface area contributed by atoms with Gasteiger partial charge in [0, 0.05) is 6.92 Å². The number of hydrogen-bond acceptors (Lipinski definition) is 4. The van der Waals surface area contributed by atoms with Gasteiger partial charge in [-0.2, -0.15) is 0 Å². The van der Waals surface area contributed by atoms with Gasteiger partial charge in [-0.25, -0.2) is 0 Å². The van der Waals surface area contributed by atoms with Crippen molar-refractivity contribution in [2.24, 2.45) is 5.92 Å². The molecular weight excluding hydrogens is 517 g/mol. The van der Waals surface area contributed by atoms with E-state index in [1.165, 1.54) is 19.3 Å². The van der Waals surface area contributed by atoms with Crippen molar-refractivity contribution in [1.82, 2.24) is 0 Å². The summed E-state index contributed by atoms with van der Waals surface area (Å²) in [7, 11) is -3.73. The van der Waals surface area contributed by atoms with Gasteiger partial charge in [0.15, 0.2) is 16.6 Å². The number of rotatable bonds is 25. The smallest absolute Gasteiger partial charge is 0.303 e. The van der Waals surface area contributed by atoms with E-state index in [4.69, 9.17) is 13.6 Å². The lowest BCUT2D eigenvalue weighted by molar-refractivity contribution is -0.146. The molecular formula is C33H68O4Si2. The molecule has 3 atom stereocenters. The van der Waals surface area contributed by atoms with E-state index in [0.717, 1.165) is 81.2 Å². The molecule has 6 heteroatoms. The van der Waals surface area contributed by atoms with Crippen LogP contribution in [0, 0.1) is 5.92 Å². The molecule has 0 saturated heterocycles. The summed E-state index contributed by atoms with van der Waals surface area (Å²) in [6, 6.07) is 6.78. The van der Waals surface area contributed by atoms with Gasteiger partial charge >= 0.3 is 5.97 Å². The van der Waals surface area contributed by atoms with Gasteiger partial charge in [0.2, 0.25) is 0 Å². The Hall–Kier alpha value is -0.436. The second kappa shape index (κ2) is 22.2. The van der Waals surface area contributed by atoms with Crippen LogP contribution in [0.5, 0.6) is 0 Å². The molecule has 0 radical (unpaired) electrons. The molecule has 0 unspecified atom stereocenters. The molecule has 0 saturated carbocycles. The van der Waals surface area contributed by atoms with Gasteiger partial charge in [-0.3, -0.25) is 4.79 Å². The van der Waals surface area contributed by atoms with E-state index in [9.17, 15) is 4.79 Å². The first-order valence-corrected chi connectivity index (χ1v) is 22.0. The summed E-state index contributed by atoms with van der Waals surface area (Å²) in [5.74, 6) is 0.163. The Morgan fingerprint density at radius 3 is 1.44 bits per heavy atom. The van der Waals surface area contributed by atoms with Crippen LogP contribution in [0.3, 0.4) is 0 Å². The number of esters is 1. The summed E-state index contributed by atoms with van der Waals surface area (Å²) in [4.78, 5) is 12.2. The summed E-state index contributed by atoms with van der Waals surface area (Å²) < 4.78 is 20.5. The largest absolute Gasteiger partial charge is 0.458 e. The predicted octanol–water partition coefficient (Wildman–Crippen LogP) is 10.8. The molecule has 0 amide bonds. The Bertz CT molecular complexity index is 607. The summed E-state index contributed by atoms with van der Waals surface area (Å²) in [6.07, 6.45) is 15.7. The van der Waals surface area contributed by atoms with Crippen LogP contribution < -0.4 is 0 Å². The molecule has 0 aliphatic rings. The molecule has 39 heavy (non-hydrogen) atoms. The van der Waals surface area contributed by atoms with Crippen LogP contribution in [-0.4, -0.2) is 40.9 Å². The van der Waals surface area contributed by atoms with Crippen LogP contribution in [0.1, 0.15) is 133 Å². The second-order valence-electron chi connectivity index (χ2n) is 11.7. The number of carbonyl (C=O) groups excluding carboxylic acids is 1. The van der Waals surface area contributed by atoms with Crippen molar-refractivity contribution in [3.05, 3.63) is 12.2 Å². The summed E-state index contributed by atoms with van der Waals surface area (Å²) in [5.41, 5.74) is 0. The summed E-state index contributed by atoms with van der Waals surface area (Å²) >= 11 is 0. The minimum atomic E-state index is -1.89. The lowest BCUT2D eigenvalue weighted by Gasteiger charge is -2.40. The Morgan fingerprint density at radius 2 is 1.03 bits per heavy atom. The Kier molecular flexibility index (Phi) is 21.9. The van der Waals surface area contributed by atoms with Crippen molar-refractivity contribution in [1.29, 1.82) is 0 Å². The van der Waals surface area contributed by atoms with E-state index in [-0.39, 0.29) is 24.3 Å². The van der Waals surface area contributed by atoms with Crippen LogP contribution in [0.25, 0.3) is 0 Å². The normalized spacial score (nSPS) is 15.2. The van der Waals surface area contributed by atoms with Crippen LogP contribution in [0.15, 0.2) is 12.2 Å². The highest BCUT2D eigenvalue weighted by molar-refractivity contribution is 6.74. The van der Waals surface area contributed by atoms with E-state index < -0.39 is 16.6 Å². The Morgan fingerprint density at radius 1 is 0.590 bits per heavy atom. The Balaban J connectivity index is 6.59. The standard InChI is InChI=1S/C33H68O4Si2/c1-11-20-23-26-32(36-38(14-4,15-5)16-6)33(37-39(17-7,18-8)19-9)28-27-31(35-29(10)34)30(24-21-12-2)25-22-13-3/h27-28,30-33H,11-26H2,1-10H3/b28-27+/t31-,32-,33-/m1/s1. The van der Waals surface area contributed by atoms with Crippen LogP contribution in [0.2, 0.25) is 36.3 Å². The van der Waals surface area contributed by atoms with Gasteiger partial charge in [0.25, 0.3) is 0 Å². The van der Waals surface area contributed by atoms with Crippen LogP contribution >= 0.6 is 0 Å². The highest BCUT2D eigenvalue weighted by Gasteiger charge is 2.39. The summed E-state index contributed by atoms with van der Waals surface area (Å²) in [6.45, 7) is 22.2. The van der Waals surface area contributed by atoms with Gasteiger partial charge in [0.1, 0.15) is 6.10 Å². The van der Waals surface area contributed by atoms with Crippen molar-refractivity contribution in [3.63, 3.8) is 0 Å². The molecule has 0 rings (SSSR count). The maximum Gasteiger partial charge on any atom is 0.303 e. The third-order valence-electron chi connectivity index (χ3n) is 9.23. The molecule has 0 spiro atoms. The van der Waals surface area contributed by atoms with Crippen molar-refractivity contribution < 1.29 is 18.4 Å². The zero-order chi connectivity index (χ0) is 29.7. The highest BCUT2D eigenvalue weighted by Crippen LogP contribution is 2.32. The average molecular weight is 585 g/mol. The third kappa shape index (κ3) is 14.3. The predicted molar refractivity (Wildman–Crippen MR) is 176 cm³/mol. The molecule has 0 aromatic heterocycles. The van der Waals surface area contributed by atoms with Crippen molar-refractivity contribution in [2.45, 2.75) is 188 Å². The van der Waals surface area contributed by atoms with Gasteiger partial charge in [-0.05, 0) is 67.5 Å². The molecule has 0 heterocycles. The fourth-order valence-corrected chi connectivity index (χ4v) is 11.5. The zero-order valence-corrected chi connectivity index (χ0v) is 29.9. The van der Waals surface area contributed by atoms with Gasteiger partial charge in [0.05, 0.1) is 12.2 Å². The molecule has 0 aliphatic heterocycles. The van der Waals surface area contributed by atoms with Gasteiger partial charge in [-0.15, -0.1) is 0 Å². The van der Waals surface area contributed by atoms with Crippen LogP contribution in [-0.2, 0) is 18.4 Å². The first kappa shape index (κ1) is 38.6. The summed E-state index contributed by atoms with van der Waals surface area (Å²) in [5, 5.41) is 0. The lowest BCUT2D eigenvalue weighted by atomic mass is 9.90. The monoisotopic (exact) mass is 584 g/mol. The third-order valence-corrected chi connectivity index (χ3v) is 18.5.